The van der Waals surface area contributed by atoms with Crippen molar-refractivity contribution in [1.82, 2.24) is 24.9 Å². The van der Waals surface area contributed by atoms with Crippen molar-refractivity contribution in [3.63, 3.8) is 0 Å². The Bertz CT molecular complexity index is 8650. The normalized spacial score (nSPS) is 13.1. The lowest BCUT2D eigenvalue weighted by molar-refractivity contribution is 0.794. The minimum atomic E-state index is -0.324. The molecule has 0 amide bonds. The molecule has 684 valence electrons. The summed E-state index contributed by atoms with van der Waals surface area (Å²) < 4.78 is 0. The van der Waals surface area contributed by atoms with Gasteiger partial charge in [-0.3, -0.25) is 0 Å². The number of benzene rings is 21. The number of nitrogens with zero attached hydrogens (tertiary/aromatic N) is 5. The van der Waals surface area contributed by atoms with Gasteiger partial charge in [0.2, 0.25) is 0 Å². The second-order valence-corrected chi connectivity index (χ2v) is 38.9. The molecule has 0 atom stereocenters. The fourth-order valence-electron chi connectivity index (χ4n) is 24.7. The Hall–Kier alpha value is -19.1. The van der Waals surface area contributed by atoms with Crippen LogP contribution < -0.4 is 0 Å². The van der Waals surface area contributed by atoms with Crippen LogP contribution in [-0.2, 0) is 16.2 Å². The van der Waals surface area contributed by atoms with E-state index in [1.807, 2.05) is 36.4 Å². The Balaban J connectivity index is 0.000000107. The molecule has 0 bridgehead atoms. The van der Waals surface area contributed by atoms with E-state index in [0.29, 0.717) is 0 Å². The average Bonchev–Trinajstić information content (AvgIpc) is 1.52. The summed E-state index contributed by atoms with van der Waals surface area (Å²) in [7, 11) is 0. The van der Waals surface area contributed by atoms with E-state index in [9.17, 15) is 0 Å². The second-order valence-electron chi connectivity index (χ2n) is 38.9. The smallest absolute Gasteiger partial charge is 0.160 e. The summed E-state index contributed by atoms with van der Waals surface area (Å²) in [5.41, 5.74) is 54.8. The summed E-state index contributed by atoms with van der Waals surface area (Å²) in [6.07, 6.45) is 0. The highest BCUT2D eigenvalue weighted by atomic mass is 14.9. The van der Waals surface area contributed by atoms with E-state index in [1.54, 1.807) is 0 Å². The third-order valence-corrected chi connectivity index (χ3v) is 31.2. The molecule has 147 heavy (non-hydrogen) atoms. The van der Waals surface area contributed by atoms with Gasteiger partial charge >= 0.3 is 0 Å². The number of hydrogen-bond acceptors (Lipinski definition) is 5. The molecule has 5 nitrogen and oxygen atoms in total. The molecule has 0 aliphatic heterocycles. The van der Waals surface area contributed by atoms with Gasteiger partial charge in [-0.15, -0.1) is 0 Å². The minimum Gasteiger partial charge on any atom is -0.248 e. The zero-order chi connectivity index (χ0) is 97.1. The maximum absolute atomic E-state index is 5.21. The van der Waals surface area contributed by atoms with Crippen LogP contribution in [0, 0.1) is 0 Å². The summed E-state index contributed by atoms with van der Waals surface area (Å²) in [5, 5.41) is 0. The predicted molar refractivity (Wildman–Crippen MR) is 602 cm³/mol. The first-order valence-corrected chi connectivity index (χ1v) is 50.6. The lowest BCUT2D eigenvalue weighted by Gasteiger charge is -2.30. The van der Waals surface area contributed by atoms with Gasteiger partial charge in [-0.25, -0.2) is 24.9 Å². The van der Waals surface area contributed by atoms with Crippen LogP contribution in [0.5, 0.6) is 0 Å². The van der Waals surface area contributed by atoms with Gasteiger partial charge in [0.15, 0.2) is 11.6 Å². The van der Waals surface area contributed by atoms with Gasteiger partial charge in [0, 0.05) is 44.5 Å². The van der Waals surface area contributed by atoms with Gasteiger partial charge in [0.05, 0.1) is 50.4 Å². The molecule has 3 aromatic heterocycles. The molecule has 6 aliphatic rings. The Morgan fingerprint density at radius 1 is 0.0952 bits per heavy atom. The third-order valence-electron chi connectivity index (χ3n) is 31.2. The molecule has 0 unspecified atom stereocenters. The molecule has 3 spiro atoms. The summed E-state index contributed by atoms with van der Waals surface area (Å²) >= 11 is 0. The average molecular weight is 1870 g/mol. The standard InChI is InChI=1S/C48H31N.2C47H30N2/c1-3-14-32(15-4-1)37-30-46(33-16-5-2-6-17-33)49-47(31-37)36-19-13-18-34(28-36)35-26-27-45-41(29-35)40-22-9-12-25-44(40)48(45)42-23-10-7-20-38(42)39-21-8-11-24-43(39)48;1-3-13-32(14-4-1)44-30-45(49-46(48-44)34-15-5-2-6-16-34)33-25-23-31(24-26-33)35-27-28-43-39(29-35)38-19-9-12-22-42(38)47(43)40-20-10-7-17-36(40)37-18-8-11-21-41(37)47;1-3-13-32(14-4-1)44-30-45(33-15-5-2-6-16-33)49-46(48-44)34-25-23-31(24-26-34)35-27-28-43-39(29-35)38-19-9-12-22-42(38)47(43)40-20-10-7-17-36(40)37-18-8-11-21-41(37)47/h1-31H;2*1-30H. The SMILES string of the molecule is c1ccc(-c2cc(-c3ccc(-c4ccc5c(c4)-c4ccccc4C54c5ccccc5-c5ccccc54)cc3)nc(-c3ccccc3)n2)cc1.c1ccc(-c2cc(-c3ccccc3)nc(-c3ccc(-c4ccc5c(c4)-c4ccccc4C54c5ccccc5-c5ccccc54)cc3)n2)cc1.c1ccc(-c2cc(-c3ccccc3)nc(-c3cccc(-c4ccc5c(c4)-c4ccccc4C54c5ccccc5-c5ccccc54)c3)c2)cc1. The van der Waals surface area contributed by atoms with E-state index in [0.717, 1.165) is 95.9 Å². The first-order valence-electron chi connectivity index (χ1n) is 50.6. The highest BCUT2D eigenvalue weighted by Crippen LogP contribution is 2.67. The van der Waals surface area contributed by atoms with E-state index < -0.39 is 0 Å². The molecule has 0 saturated carbocycles. The number of hydrogen-bond donors (Lipinski definition) is 0. The highest BCUT2D eigenvalue weighted by Gasteiger charge is 2.55. The van der Waals surface area contributed by atoms with Crippen LogP contribution in [0.2, 0.25) is 0 Å². The fourth-order valence-corrected chi connectivity index (χ4v) is 24.7. The van der Waals surface area contributed by atoms with Gasteiger partial charge in [0.1, 0.15) is 0 Å². The van der Waals surface area contributed by atoms with Gasteiger partial charge in [-0.2, -0.15) is 0 Å². The van der Waals surface area contributed by atoms with Crippen LogP contribution in [0.25, 0.3) is 202 Å². The van der Waals surface area contributed by atoms with E-state index in [-0.39, 0.29) is 16.2 Å². The number of fused-ring (bicyclic) bond motifs is 30. The van der Waals surface area contributed by atoms with Crippen LogP contribution in [0.15, 0.2) is 552 Å². The van der Waals surface area contributed by atoms with Crippen LogP contribution in [-0.4, -0.2) is 24.9 Å². The van der Waals surface area contributed by atoms with Crippen LogP contribution >= 0.6 is 0 Å². The molecule has 24 aromatic rings. The summed E-state index contributed by atoms with van der Waals surface area (Å²) in [4.78, 5) is 25.3. The lowest BCUT2D eigenvalue weighted by Crippen LogP contribution is -2.25. The minimum absolute atomic E-state index is 0.318. The zero-order valence-electron chi connectivity index (χ0n) is 80.3. The Morgan fingerprint density at radius 3 is 0.571 bits per heavy atom. The van der Waals surface area contributed by atoms with Gasteiger partial charge < -0.3 is 0 Å². The van der Waals surface area contributed by atoms with E-state index in [1.165, 1.54) is 172 Å². The largest absolute Gasteiger partial charge is 0.248 e. The fraction of sp³-hybridized carbons (Fsp3) is 0.0211. The molecule has 6 aliphatic carbocycles. The van der Waals surface area contributed by atoms with Gasteiger partial charge in [-0.1, -0.05) is 504 Å². The van der Waals surface area contributed by atoms with E-state index in [2.05, 4.69) is 516 Å². The molecular formula is C142H91N5. The summed E-state index contributed by atoms with van der Waals surface area (Å²) in [5.74, 6) is 1.44. The van der Waals surface area contributed by atoms with E-state index >= 15 is 0 Å². The molecule has 0 radical (unpaired) electrons. The number of pyridine rings is 1. The molecule has 5 heteroatoms. The Morgan fingerprint density at radius 2 is 0.272 bits per heavy atom. The number of rotatable bonds is 12. The van der Waals surface area contributed by atoms with Crippen LogP contribution in [0.1, 0.15) is 66.8 Å². The van der Waals surface area contributed by atoms with Gasteiger partial charge in [0.25, 0.3) is 0 Å². The maximum Gasteiger partial charge on any atom is 0.160 e. The van der Waals surface area contributed by atoms with Crippen molar-refractivity contribution in [3.8, 4) is 202 Å². The first kappa shape index (κ1) is 85.9. The van der Waals surface area contributed by atoms with Crippen molar-refractivity contribution in [3.05, 3.63) is 619 Å². The monoisotopic (exact) mass is 1870 g/mol. The predicted octanol–water partition coefficient (Wildman–Crippen LogP) is 35.1. The molecule has 0 fully saturated rings. The maximum atomic E-state index is 5.21. The van der Waals surface area contributed by atoms with Gasteiger partial charge in [-0.05, 0) is 227 Å². The summed E-state index contributed by atoms with van der Waals surface area (Å²) in [6, 6.07) is 199. The van der Waals surface area contributed by atoms with Crippen molar-refractivity contribution >= 4 is 0 Å². The second kappa shape index (κ2) is 35.3. The molecule has 30 rings (SSSR count). The third kappa shape index (κ3) is 13.9. The quantitative estimate of drug-likeness (QED) is 0.122. The molecule has 0 saturated heterocycles. The Kier molecular flexibility index (Phi) is 20.6. The number of aromatic nitrogens is 5. The van der Waals surface area contributed by atoms with Crippen LogP contribution in [0.3, 0.4) is 0 Å². The zero-order valence-corrected chi connectivity index (χ0v) is 80.3. The first-order chi connectivity index (χ1) is 72.9. The van der Waals surface area contributed by atoms with Crippen molar-refractivity contribution in [1.29, 1.82) is 0 Å². The molecule has 3 heterocycles. The lowest BCUT2D eigenvalue weighted by atomic mass is 9.70. The van der Waals surface area contributed by atoms with Crippen LogP contribution in [0.4, 0.5) is 0 Å². The Labute approximate surface area is 855 Å². The topological polar surface area (TPSA) is 64.5 Å². The van der Waals surface area contributed by atoms with Crippen molar-refractivity contribution in [2.45, 2.75) is 16.2 Å². The van der Waals surface area contributed by atoms with Crippen molar-refractivity contribution in [2.24, 2.45) is 0 Å². The summed E-state index contributed by atoms with van der Waals surface area (Å²) in [6.45, 7) is 0. The van der Waals surface area contributed by atoms with Crippen molar-refractivity contribution < 1.29 is 0 Å². The molecule has 21 aromatic carbocycles. The highest BCUT2D eigenvalue weighted by molar-refractivity contribution is 6.01. The molecular weight excluding hydrogens is 1780 g/mol. The van der Waals surface area contributed by atoms with Crippen molar-refractivity contribution in [2.75, 3.05) is 0 Å². The van der Waals surface area contributed by atoms with E-state index in [4.69, 9.17) is 24.9 Å². The molecule has 0 N–H and O–H groups in total.